The van der Waals surface area contributed by atoms with E-state index in [1.807, 2.05) is 12.4 Å². The predicted molar refractivity (Wildman–Crippen MR) is 189 cm³/mol. The number of aryl methyl sites for hydroxylation is 2. The number of unbranched alkanes of at least 4 members (excludes halogenated alkanes) is 9. The number of aromatic nitrogens is 5. The molecule has 5 aromatic rings. The second-order valence-corrected chi connectivity index (χ2v) is 15.6. The van der Waals surface area contributed by atoms with Crippen LogP contribution in [0.4, 0.5) is 0 Å². The van der Waals surface area contributed by atoms with Crippen molar-refractivity contribution in [3.8, 4) is 41.2 Å². The van der Waals surface area contributed by atoms with Crippen LogP contribution < -0.4 is 0 Å². The van der Waals surface area contributed by atoms with E-state index in [9.17, 15) is 0 Å². The molecule has 0 aromatic carbocycles. The summed E-state index contributed by atoms with van der Waals surface area (Å²) in [6.07, 6.45) is 25.6. The Morgan fingerprint density at radius 2 is 0.907 bits per heavy atom. The first-order valence-corrected chi connectivity index (χ1v) is 19.5. The molecule has 5 aromatic heterocycles. The fourth-order valence-corrected chi connectivity index (χ4v) is 9.19. The van der Waals surface area contributed by atoms with Crippen molar-refractivity contribution >= 4 is 45.3 Å². The van der Waals surface area contributed by atoms with Gasteiger partial charge in [0.1, 0.15) is 0 Å². The summed E-state index contributed by atoms with van der Waals surface area (Å²) < 4.78 is 2.49. The smallest absolute Gasteiger partial charge is 0.152 e. The zero-order chi connectivity index (χ0) is 29.9. The van der Waals surface area contributed by atoms with E-state index in [2.05, 4.69) is 49.9 Å². The van der Waals surface area contributed by atoms with E-state index in [4.69, 9.17) is 19.9 Å². The summed E-state index contributed by atoms with van der Waals surface area (Å²) in [6, 6.07) is 4.54. The standard InChI is InChI=1S/C34H45N5S4/c1-4-7-10-13-16-25-21-35-31(40-25)33-37-23-29(42-33)27-18-19-28(39(27)20-15-12-9-6-3)30-24-38-34(43-30)32-36-22-26(41-32)17-14-11-8-5-2/h18-19,21-24H,4-17,20H2,1-3H3. The summed E-state index contributed by atoms with van der Waals surface area (Å²) in [4.78, 5) is 24.3. The fraction of sp³-hybridized carbons (Fsp3) is 0.529. The Bertz CT molecular complexity index is 1410. The summed E-state index contributed by atoms with van der Waals surface area (Å²) in [6.45, 7) is 7.79. The van der Waals surface area contributed by atoms with Gasteiger partial charge in [-0.25, -0.2) is 19.9 Å². The molecule has 0 radical (unpaired) electrons. The molecule has 9 heteroatoms. The van der Waals surface area contributed by atoms with Gasteiger partial charge in [-0.2, -0.15) is 0 Å². The third-order valence-electron chi connectivity index (χ3n) is 7.76. The molecule has 0 aliphatic rings. The van der Waals surface area contributed by atoms with Crippen molar-refractivity contribution in [1.82, 2.24) is 24.5 Å². The second-order valence-electron chi connectivity index (χ2n) is 11.3. The molecule has 0 atom stereocenters. The number of rotatable bonds is 19. The number of nitrogens with zero attached hydrogens (tertiary/aromatic N) is 5. The van der Waals surface area contributed by atoms with Crippen LogP contribution in [0.5, 0.6) is 0 Å². The molecule has 5 nitrogen and oxygen atoms in total. The largest absolute Gasteiger partial charge is 0.339 e. The third-order valence-corrected chi connectivity index (χ3v) is 12.2. The molecular formula is C34H45N5S4. The number of thiazole rings is 4. The third kappa shape index (κ3) is 8.71. The maximum absolute atomic E-state index is 4.83. The van der Waals surface area contributed by atoms with E-state index in [0.29, 0.717) is 0 Å². The SMILES string of the molecule is CCCCCCc1cnc(-c2ncc(-c3ccc(-c4cnc(-c5ncc(CCCCCC)s5)s4)n3CCCCCC)s2)s1. The molecular weight excluding hydrogens is 607 g/mol. The highest BCUT2D eigenvalue weighted by molar-refractivity contribution is 7.23. The highest BCUT2D eigenvalue weighted by Gasteiger charge is 2.19. The molecule has 0 saturated heterocycles. The van der Waals surface area contributed by atoms with Gasteiger partial charge in [0.2, 0.25) is 0 Å². The van der Waals surface area contributed by atoms with Gasteiger partial charge in [0.05, 0.1) is 21.1 Å². The van der Waals surface area contributed by atoms with Gasteiger partial charge in [-0.05, 0) is 44.2 Å². The lowest BCUT2D eigenvalue weighted by Crippen LogP contribution is -2.01. The summed E-state index contributed by atoms with van der Waals surface area (Å²) >= 11 is 7.13. The topological polar surface area (TPSA) is 56.5 Å². The Kier molecular flexibility index (Phi) is 12.5. The average Bonchev–Trinajstić information content (AvgIpc) is 3.85. The first kappa shape index (κ1) is 32.2. The number of hydrogen-bond acceptors (Lipinski definition) is 8. The monoisotopic (exact) mass is 651 g/mol. The van der Waals surface area contributed by atoms with Crippen LogP contribution in [0.3, 0.4) is 0 Å². The van der Waals surface area contributed by atoms with Crippen LogP contribution in [0.15, 0.2) is 36.9 Å². The summed E-state index contributed by atoms with van der Waals surface area (Å²) in [7, 11) is 0. The minimum absolute atomic E-state index is 0.996. The Morgan fingerprint density at radius 3 is 1.37 bits per heavy atom. The lowest BCUT2D eigenvalue weighted by molar-refractivity contribution is 0.591. The number of hydrogen-bond donors (Lipinski definition) is 0. The van der Waals surface area contributed by atoms with Gasteiger partial charge >= 0.3 is 0 Å². The van der Waals surface area contributed by atoms with Crippen LogP contribution in [-0.4, -0.2) is 24.5 Å². The van der Waals surface area contributed by atoms with Crippen molar-refractivity contribution in [2.45, 2.75) is 117 Å². The maximum Gasteiger partial charge on any atom is 0.152 e. The van der Waals surface area contributed by atoms with Gasteiger partial charge in [-0.15, -0.1) is 45.3 Å². The molecule has 0 spiro atoms. The quantitative estimate of drug-likeness (QED) is 0.0834. The van der Waals surface area contributed by atoms with Crippen LogP contribution >= 0.6 is 45.3 Å². The molecule has 0 amide bonds. The molecule has 5 rings (SSSR count). The highest BCUT2D eigenvalue weighted by atomic mass is 32.1. The normalized spacial score (nSPS) is 11.6. The van der Waals surface area contributed by atoms with Gasteiger partial charge < -0.3 is 4.57 Å². The first-order valence-electron chi connectivity index (χ1n) is 16.2. The second kappa shape index (κ2) is 16.8. The van der Waals surface area contributed by atoms with Gasteiger partial charge in [-0.1, -0.05) is 78.6 Å². The van der Waals surface area contributed by atoms with Crippen molar-refractivity contribution in [2.75, 3.05) is 0 Å². The van der Waals surface area contributed by atoms with Gasteiger partial charge in [0.15, 0.2) is 20.0 Å². The molecule has 0 fully saturated rings. The molecule has 0 aliphatic heterocycles. The Labute approximate surface area is 273 Å². The van der Waals surface area contributed by atoms with Crippen LogP contribution in [-0.2, 0) is 19.4 Å². The van der Waals surface area contributed by atoms with Crippen molar-refractivity contribution in [3.63, 3.8) is 0 Å². The van der Waals surface area contributed by atoms with Crippen LogP contribution in [0, 0.1) is 0 Å². The Hall–Kier alpha value is -2.20. The van der Waals surface area contributed by atoms with Gasteiger partial charge in [0.25, 0.3) is 0 Å². The fourth-order valence-electron chi connectivity index (χ4n) is 5.31. The summed E-state index contributed by atoms with van der Waals surface area (Å²) in [5.41, 5.74) is 2.48. The molecule has 5 heterocycles. The Morgan fingerprint density at radius 1 is 0.488 bits per heavy atom. The van der Waals surface area contributed by atoms with Crippen LogP contribution in [0.1, 0.15) is 108 Å². The molecule has 43 heavy (non-hydrogen) atoms. The van der Waals surface area contributed by atoms with Crippen LogP contribution in [0.2, 0.25) is 0 Å². The van der Waals surface area contributed by atoms with E-state index < -0.39 is 0 Å². The minimum Gasteiger partial charge on any atom is -0.339 e. The average molecular weight is 652 g/mol. The van der Waals surface area contributed by atoms with Crippen molar-refractivity contribution in [1.29, 1.82) is 0 Å². The lowest BCUT2D eigenvalue weighted by Gasteiger charge is -2.11. The maximum atomic E-state index is 4.83. The molecule has 230 valence electrons. The Balaban J connectivity index is 1.33. The van der Waals surface area contributed by atoms with Crippen molar-refractivity contribution in [2.24, 2.45) is 0 Å². The van der Waals surface area contributed by atoms with E-state index in [-0.39, 0.29) is 0 Å². The highest BCUT2D eigenvalue weighted by Crippen LogP contribution is 2.40. The zero-order valence-corrected chi connectivity index (χ0v) is 29.2. The van der Waals surface area contributed by atoms with E-state index >= 15 is 0 Å². The van der Waals surface area contributed by atoms with Crippen molar-refractivity contribution < 1.29 is 0 Å². The van der Waals surface area contributed by atoms with E-state index in [1.165, 1.54) is 108 Å². The minimum atomic E-state index is 0.996. The molecule has 0 N–H and O–H groups in total. The summed E-state index contributed by atoms with van der Waals surface area (Å²) in [5, 5.41) is 4.13. The first-order chi connectivity index (χ1) is 21.2. The van der Waals surface area contributed by atoms with Crippen LogP contribution in [0.25, 0.3) is 41.2 Å². The molecule has 0 bridgehead atoms. The predicted octanol–water partition coefficient (Wildman–Crippen LogP) is 11.8. The van der Waals surface area contributed by atoms with Gasteiger partial charge in [-0.3, -0.25) is 0 Å². The molecule has 0 saturated carbocycles. The lowest BCUT2D eigenvalue weighted by atomic mass is 10.1. The molecule has 0 aliphatic carbocycles. The van der Waals surface area contributed by atoms with Crippen molar-refractivity contribution in [3.05, 3.63) is 46.7 Å². The zero-order valence-electron chi connectivity index (χ0n) is 25.9. The van der Waals surface area contributed by atoms with E-state index in [0.717, 1.165) is 39.4 Å². The molecule has 0 unspecified atom stereocenters. The summed E-state index contributed by atoms with van der Waals surface area (Å²) in [5.74, 6) is 0. The van der Waals surface area contributed by atoms with Gasteiger partial charge in [0, 0.05) is 41.1 Å². The van der Waals surface area contributed by atoms with E-state index in [1.54, 1.807) is 45.3 Å².